The molecule has 1 aromatic carbocycles. The van der Waals surface area contributed by atoms with Crippen LogP contribution in [0.15, 0.2) is 24.3 Å². The molecular formula is C17H27FN2. The Balaban J connectivity index is 1.70. The zero-order valence-electron chi connectivity index (χ0n) is 12.8. The van der Waals surface area contributed by atoms with E-state index in [0.29, 0.717) is 5.41 Å². The first-order valence-electron chi connectivity index (χ1n) is 7.89. The van der Waals surface area contributed by atoms with Gasteiger partial charge in [0.15, 0.2) is 0 Å². The van der Waals surface area contributed by atoms with E-state index in [1.807, 2.05) is 0 Å². The summed E-state index contributed by atoms with van der Waals surface area (Å²) in [6.45, 7) is 9.09. The molecule has 0 aliphatic carbocycles. The Morgan fingerprint density at radius 3 is 2.25 bits per heavy atom. The van der Waals surface area contributed by atoms with Crippen molar-refractivity contribution in [1.29, 1.82) is 0 Å². The minimum Gasteiger partial charge on any atom is -0.384 e. The lowest BCUT2D eigenvalue weighted by atomic mass is 9.74. The SMILES string of the molecule is CCC1(CC)CCN(CCNc2ccc(F)cc2)CC1. The minimum absolute atomic E-state index is 0.179. The number of nitrogens with one attached hydrogen (secondary N) is 1. The van der Waals surface area contributed by atoms with Crippen LogP contribution in [0.4, 0.5) is 10.1 Å². The average Bonchev–Trinajstić information content (AvgIpc) is 2.50. The van der Waals surface area contributed by atoms with E-state index < -0.39 is 0 Å². The first-order chi connectivity index (χ1) is 9.67. The zero-order chi connectivity index (χ0) is 14.4. The van der Waals surface area contributed by atoms with E-state index >= 15 is 0 Å². The monoisotopic (exact) mass is 278 g/mol. The maximum atomic E-state index is 12.8. The molecule has 0 amide bonds. The smallest absolute Gasteiger partial charge is 0.123 e. The fraction of sp³-hybridized carbons (Fsp3) is 0.647. The molecule has 0 spiro atoms. The van der Waals surface area contributed by atoms with Gasteiger partial charge in [0.1, 0.15) is 5.82 Å². The van der Waals surface area contributed by atoms with Gasteiger partial charge in [-0.1, -0.05) is 26.7 Å². The topological polar surface area (TPSA) is 15.3 Å². The number of likely N-dealkylation sites (tertiary alicyclic amines) is 1. The first kappa shape index (κ1) is 15.3. The summed E-state index contributed by atoms with van der Waals surface area (Å²) in [5.41, 5.74) is 1.60. The lowest BCUT2D eigenvalue weighted by Gasteiger charge is -2.41. The van der Waals surface area contributed by atoms with E-state index in [-0.39, 0.29) is 5.82 Å². The van der Waals surface area contributed by atoms with Crippen molar-refractivity contribution in [3.8, 4) is 0 Å². The molecule has 1 saturated heterocycles. The number of halogens is 1. The van der Waals surface area contributed by atoms with Crippen LogP contribution in [0, 0.1) is 11.2 Å². The highest BCUT2D eigenvalue weighted by Crippen LogP contribution is 2.37. The quantitative estimate of drug-likeness (QED) is 0.841. The number of hydrogen-bond donors (Lipinski definition) is 1. The van der Waals surface area contributed by atoms with Gasteiger partial charge in [-0.2, -0.15) is 0 Å². The Labute approximate surface area is 122 Å². The predicted octanol–water partition coefficient (Wildman–Crippen LogP) is 4.14. The van der Waals surface area contributed by atoms with Gasteiger partial charge in [-0.15, -0.1) is 0 Å². The highest BCUT2D eigenvalue weighted by Gasteiger charge is 2.30. The van der Waals surface area contributed by atoms with E-state index in [4.69, 9.17) is 0 Å². The van der Waals surface area contributed by atoms with Crippen molar-refractivity contribution in [1.82, 2.24) is 4.90 Å². The molecule has 3 heteroatoms. The fourth-order valence-electron chi connectivity index (χ4n) is 3.13. The lowest BCUT2D eigenvalue weighted by Crippen LogP contribution is -2.41. The van der Waals surface area contributed by atoms with Crippen molar-refractivity contribution in [3.05, 3.63) is 30.1 Å². The molecule has 0 atom stereocenters. The largest absolute Gasteiger partial charge is 0.384 e. The summed E-state index contributed by atoms with van der Waals surface area (Å²) < 4.78 is 12.8. The van der Waals surface area contributed by atoms with E-state index in [1.54, 1.807) is 12.1 Å². The van der Waals surface area contributed by atoms with Crippen LogP contribution < -0.4 is 5.32 Å². The summed E-state index contributed by atoms with van der Waals surface area (Å²) in [6.07, 6.45) is 5.28. The molecule has 1 aliphatic heterocycles. The Hall–Kier alpha value is -1.09. The molecule has 1 heterocycles. The van der Waals surface area contributed by atoms with Crippen LogP contribution in [-0.2, 0) is 0 Å². The van der Waals surface area contributed by atoms with E-state index in [1.165, 1.54) is 50.9 Å². The van der Waals surface area contributed by atoms with Crippen LogP contribution in [0.25, 0.3) is 0 Å². The number of rotatable bonds is 6. The molecule has 1 N–H and O–H groups in total. The first-order valence-corrected chi connectivity index (χ1v) is 7.89. The zero-order valence-corrected chi connectivity index (χ0v) is 12.8. The standard InChI is InChI=1S/C17H27FN2/c1-3-17(4-2)9-12-20(13-10-17)14-11-19-16-7-5-15(18)6-8-16/h5-8,19H,3-4,9-14H2,1-2H3. The summed E-state index contributed by atoms with van der Waals surface area (Å²) in [7, 11) is 0. The van der Waals surface area contributed by atoms with Gasteiger partial charge in [0.05, 0.1) is 0 Å². The molecule has 1 fully saturated rings. The van der Waals surface area contributed by atoms with Gasteiger partial charge in [-0.25, -0.2) is 4.39 Å². The normalized spacial score (nSPS) is 18.9. The Morgan fingerprint density at radius 2 is 1.70 bits per heavy atom. The van der Waals surface area contributed by atoms with Crippen molar-refractivity contribution in [2.45, 2.75) is 39.5 Å². The molecular weight excluding hydrogens is 251 g/mol. The summed E-state index contributed by atoms with van der Waals surface area (Å²) in [5.74, 6) is -0.179. The molecule has 1 aliphatic rings. The third-order valence-corrected chi connectivity index (χ3v) is 5.02. The number of hydrogen-bond acceptors (Lipinski definition) is 2. The number of benzene rings is 1. The molecule has 2 rings (SSSR count). The molecule has 0 aromatic heterocycles. The van der Waals surface area contributed by atoms with Crippen molar-refractivity contribution in [3.63, 3.8) is 0 Å². The van der Waals surface area contributed by atoms with Gasteiger partial charge < -0.3 is 10.2 Å². The number of anilines is 1. The van der Waals surface area contributed by atoms with Crippen LogP contribution in [-0.4, -0.2) is 31.1 Å². The second-order valence-corrected chi connectivity index (χ2v) is 5.98. The van der Waals surface area contributed by atoms with E-state index in [9.17, 15) is 4.39 Å². The van der Waals surface area contributed by atoms with Gasteiger partial charge in [0, 0.05) is 18.8 Å². The molecule has 112 valence electrons. The Bertz CT molecular complexity index is 388. The van der Waals surface area contributed by atoms with Crippen molar-refractivity contribution in [2.75, 3.05) is 31.5 Å². The van der Waals surface area contributed by atoms with Crippen LogP contribution in [0.5, 0.6) is 0 Å². The highest BCUT2D eigenvalue weighted by atomic mass is 19.1. The molecule has 1 aromatic rings. The Kier molecular flexibility index (Phi) is 5.41. The van der Waals surface area contributed by atoms with Crippen LogP contribution in [0.3, 0.4) is 0 Å². The second kappa shape index (κ2) is 7.07. The highest BCUT2D eigenvalue weighted by molar-refractivity contribution is 5.42. The fourth-order valence-corrected chi connectivity index (χ4v) is 3.13. The van der Waals surface area contributed by atoms with Gasteiger partial charge in [0.25, 0.3) is 0 Å². The summed E-state index contributed by atoms with van der Waals surface area (Å²) >= 11 is 0. The van der Waals surface area contributed by atoms with Gasteiger partial charge >= 0.3 is 0 Å². The van der Waals surface area contributed by atoms with E-state index in [0.717, 1.165) is 18.8 Å². The van der Waals surface area contributed by atoms with Gasteiger partial charge in [-0.3, -0.25) is 0 Å². The molecule has 0 saturated carbocycles. The third kappa shape index (κ3) is 3.95. The van der Waals surface area contributed by atoms with Crippen molar-refractivity contribution < 1.29 is 4.39 Å². The second-order valence-electron chi connectivity index (χ2n) is 5.98. The average molecular weight is 278 g/mol. The van der Waals surface area contributed by atoms with Gasteiger partial charge in [0.2, 0.25) is 0 Å². The minimum atomic E-state index is -0.179. The number of nitrogens with zero attached hydrogens (tertiary/aromatic N) is 1. The molecule has 0 bridgehead atoms. The van der Waals surface area contributed by atoms with Crippen molar-refractivity contribution in [2.24, 2.45) is 5.41 Å². The molecule has 0 unspecified atom stereocenters. The molecule has 2 nitrogen and oxygen atoms in total. The summed E-state index contributed by atoms with van der Waals surface area (Å²) in [4.78, 5) is 2.54. The van der Waals surface area contributed by atoms with Crippen molar-refractivity contribution >= 4 is 5.69 Å². The van der Waals surface area contributed by atoms with Gasteiger partial charge in [-0.05, 0) is 55.6 Å². The maximum Gasteiger partial charge on any atom is 0.123 e. The lowest BCUT2D eigenvalue weighted by molar-refractivity contribution is 0.0983. The number of piperidine rings is 1. The molecule has 20 heavy (non-hydrogen) atoms. The van der Waals surface area contributed by atoms with Crippen LogP contribution >= 0.6 is 0 Å². The Morgan fingerprint density at radius 1 is 1.10 bits per heavy atom. The summed E-state index contributed by atoms with van der Waals surface area (Å²) in [6, 6.07) is 6.59. The van der Waals surface area contributed by atoms with E-state index in [2.05, 4.69) is 24.1 Å². The third-order valence-electron chi connectivity index (χ3n) is 5.02. The van der Waals surface area contributed by atoms with Crippen LogP contribution in [0.2, 0.25) is 0 Å². The molecule has 0 radical (unpaired) electrons. The van der Waals surface area contributed by atoms with Crippen LogP contribution in [0.1, 0.15) is 39.5 Å². The maximum absolute atomic E-state index is 12.8. The summed E-state index contributed by atoms with van der Waals surface area (Å²) in [5, 5.41) is 3.36. The predicted molar refractivity (Wildman–Crippen MR) is 83.6 cm³/mol.